The number of carbonyl (C=O) groups is 1. The van der Waals surface area contributed by atoms with Gasteiger partial charge in [0.25, 0.3) is 5.56 Å². The largest absolute Gasteiger partial charge is 0.477 e. The second-order valence-electron chi connectivity index (χ2n) is 4.48. The number of nitrogens with zero attached hydrogens (tertiary/aromatic N) is 1. The van der Waals surface area contributed by atoms with E-state index < -0.39 is 5.97 Å². The van der Waals surface area contributed by atoms with Crippen LogP contribution < -0.4 is 5.56 Å². The number of rotatable bonds is 6. The molecule has 0 amide bonds. The predicted octanol–water partition coefficient (Wildman–Crippen LogP) is 2.36. The molecule has 0 radical (unpaired) electrons. The highest BCUT2D eigenvalue weighted by molar-refractivity contribution is 7.19. The summed E-state index contributed by atoms with van der Waals surface area (Å²) in [6.45, 7) is 2.86. The molecule has 5 nitrogen and oxygen atoms in total. The highest BCUT2D eigenvalue weighted by atomic mass is 32.1. The minimum absolute atomic E-state index is 0.0445. The van der Waals surface area contributed by atoms with Crippen molar-refractivity contribution in [3.05, 3.63) is 33.1 Å². The first-order valence-electron chi connectivity index (χ1n) is 6.47. The summed E-state index contributed by atoms with van der Waals surface area (Å²) in [5.41, 5.74) is -0.185. The van der Waals surface area contributed by atoms with Crippen LogP contribution in [0, 0.1) is 0 Å². The quantitative estimate of drug-likeness (QED) is 0.831. The van der Waals surface area contributed by atoms with Gasteiger partial charge in [-0.05, 0) is 25.0 Å². The number of hydrogen-bond donors (Lipinski definition) is 1. The molecule has 0 aliphatic rings. The van der Waals surface area contributed by atoms with Crippen LogP contribution in [0.1, 0.15) is 28.7 Å². The number of hydrogen-bond acceptors (Lipinski definition) is 4. The Morgan fingerprint density at radius 3 is 2.80 bits per heavy atom. The van der Waals surface area contributed by atoms with E-state index in [2.05, 4.69) is 0 Å². The van der Waals surface area contributed by atoms with E-state index in [1.165, 1.54) is 15.9 Å². The zero-order valence-electron chi connectivity index (χ0n) is 11.5. The topological polar surface area (TPSA) is 68.5 Å². The van der Waals surface area contributed by atoms with Gasteiger partial charge in [-0.15, -0.1) is 11.3 Å². The lowest BCUT2D eigenvalue weighted by atomic mass is 10.2. The van der Waals surface area contributed by atoms with Gasteiger partial charge in [0.1, 0.15) is 5.69 Å². The molecule has 0 fully saturated rings. The van der Waals surface area contributed by atoms with Crippen LogP contribution in [-0.4, -0.2) is 29.4 Å². The number of aromatic nitrogens is 1. The lowest BCUT2D eigenvalue weighted by molar-refractivity contribution is 0.0682. The van der Waals surface area contributed by atoms with E-state index in [0.717, 1.165) is 16.0 Å². The van der Waals surface area contributed by atoms with Crippen LogP contribution >= 0.6 is 11.3 Å². The first-order chi connectivity index (χ1) is 9.58. The van der Waals surface area contributed by atoms with Gasteiger partial charge in [0.2, 0.25) is 0 Å². The summed E-state index contributed by atoms with van der Waals surface area (Å²) >= 11 is 1.48. The van der Waals surface area contributed by atoms with E-state index in [1.807, 2.05) is 13.0 Å². The summed E-state index contributed by atoms with van der Waals surface area (Å²) < 4.78 is 7.02. The van der Waals surface area contributed by atoms with Gasteiger partial charge >= 0.3 is 5.97 Å². The number of thiophene rings is 1. The Balaban J connectivity index is 2.57. The number of carboxylic acid groups (broad SMARTS) is 1. The van der Waals surface area contributed by atoms with E-state index in [4.69, 9.17) is 4.74 Å². The van der Waals surface area contributed by atoms with Crippen molar-refractivity contribution in [3.8, 4) is 0 Å². The molecule has 1 N–H and O–H groups in total. The standard InChI is InChI=1S/C14H17NO4S/c1-3-9-7-10-12(20-9)8-11(14(17)18)15(13(10)16)5-4-6-19-2/h7-8H,3-6H2,1-2H3,(H,17,18). The summed E-state index contributed by atoms with van der Waals surface area (Å²) in [4.78, 5) is 24.9. The molecule has 0 saturated heterocycles. The predicted molar refractivity (Wildman–Crippen MR) is 78.9 cm³/mol. The Kier molecular flexibility index (Phi) is 4.57. The number of aryl methyl sites for hydroxylation is 1. The smallest absolute Gasteiger partial charge is 0.352 e. The first kappa shape index (κ1) is 14.7. The Morgan fingerprint density at radius 2 is 2.20 bits per heavy atom. The Hall–Kier alpha value is -1.66. The molecular weight excluding hydrogens is 278 g/mol. The van der Waals surface area contributed by atoms with Crippen molar-refractivity contribution < 1.29 is 14.6 Å². The molecule has 2 aromatic rings. The second-order valence-corrected chi connectivity index (χ2v) is 5.65. The van der Waals surface area contributed by atoms with Crippen LogP contribution in [0.25, 0.3) is 10.1 Å². The SMILES string of the molecule is CCc1cc2c(=O)n(CCCOC)c(C(=O)O)cc2s1. The van der Waals surface area contributed by atoms with Crippen LogP contribution in [0.4, 0.5) is 0 Å². The Bertz CT molecular complexity index is 686. The van der Waals surface area contributed by atoms with Gasteiger partial charge in [-0.25, -0.2) is 4.79 Å². The molecule has 0 unspecified atom stereocenters. The van der Waals surface area contributed by atoms with Gasteiger partial charge in [-0.2, -0.15) is 0 Å². The molecule has 0 bridgehead atoms. The molecule has 0 spiro atoms. The fourth-order valence-corrected chi connectivity index (χ4v) is 3.16. The molecule has 2 heterocycles. The lowest BCUT2D eigenvalue weighted by Crippen LogP contribution is -2.26. The van der Waals surface area contributed by atoms with Gasteiger partial charge in [-0.1, -0.05) is 6.92 Å². The summed E-state index contributed by atoms with van der Waals surface area (Å²) in [5, 5.41) is 9.89. The number of carboxylic acids is 1. The summed E-state index contributed by atoms with van der Waals surface area (Å²) in [6, 6.07) is 3.45. The van der Waals surface area contributed by atoms with Crippen LogP contribution in [0.5, 0.6) is 0 Å². The Labute approximate surface area is 120 Å². The van der Waals surface area contributed by atoms with Gasteiger partial charge in [-0.3, -0.25) is 4.79 Å². The van der Waals surface area contributed by atoms with E-state index in [0.29, 0.717) is 25.0 Å². The Morgan fingerprint density at radius 1 is 1.45 bits per heavy atom. The molecule has 0 atom stereocenters. The van der Waals surface area contributed by atoms with Crippen molar-refractivity contribution in [2.45, 2.75) is 26.3 Å². The highest BCUT2D eigenvalue weighted by Gasteiger charge is 2.16. The number of aromatic carboxylic acids is 1. The number of fused-ring (bicyclic) bond motifs is 1. The molecule has 20 heavy (non-hydrogen) atoms. The molecule has 0 aliphatic carbocycles. The molecular formula is C14H17NO4S. The normalized spacial score (nSPS) is 11.1. The van der Waals surface area contributed by atoms with E-state index >= 15 is 0 Å². The molecule has 0 aliphatic heterocycles. The number of pyridine rings is 1. The number of methoxy groups -OCH3 is 1. The van der Waals surface area contributed by atoms with Crippen LogP contribution in [-0.2, 0) is 17.7 Å². The molecule has 0 saturated carbocycles. The van der Waals surface area contributed by atoms with Crippen LogP contribution in [0.2, 0.25) is 0 Å². The van der Waals surface area contributed by atoms with Crippen molar-refractivity contribution in [2.24, 2.45) is 0 Å². The average Bonchev–Trinajstić information content (AvgIpc) is 2.84. The molecule has 0 aromatic carbocycles. The van der Waals surface area contributed by atoms with Gasteiger partial charge < -0.3 is 14.4 Å². The fourth-order valence-electron chi connectivity index (χ4n) is 2.13. The summed E-state index contributed by atoms with van der Waals surface area (Å²) in [5.74, 6) is -1.08. The average molecular weight is 295 g/mol. The van der Waals surface area contributed by atoms with Crippen molar-refractivity contribution in [1.82, 2.24) is 4.57 Å². The molecule has 6 heteroatoms. The lowest BCUT2D eigenvalue weighted by Gasteiger charge is -2.09. The highest BCUT2D eigenvalue weighted by Crippen LogP contribution is 2.24. The maximum absolute atomic E-state index is 12.4. The van der Waals surface area contributed by atoms with Crippen molar-refractivity contribution in [2.75, 3.05) is 13.7 Å². The van der Waals surface area contributed by atoms with Crippen LogP contribution in [0.3, 0.4) is 0 Å². The van der Waals surface area contributed by atoms with Crippen molar-refractivity contribution in [1.29, 1.82) is 0 Å². The fraction of sp³-hybridized carbons (Fsp3) is 0.429. The van der Waals surface area contributed by atoms with E-state index in [-0.39, 0.29) is 11.3 Å². The summed E-state index contributed by atoms with van der Waals surface area (Å²) in [6.07, 6.45) is 1.44. The maximum Gasteiger partial charge on any atom is 0.352 e. The minimum Gasteiger partial charge on any atom is -0.477 e. The minimum atomic E-state index is -1.08. The monoisotopic (exact) mass is 295 g/mol. The van der Waals surface area contributed by atoms with Gasteiger partial charge in [0.15, 0.2) is 0 Å². The van der Waals surface area contributed by atoms with E-state index in [1.54, 1.807) is 13.2 Å². The maximum atomic E-state index is 12.4. The van der Waals surface area contributed by atoms with Crippen molar-refractivity contribution >= 4 is 27.4 Å². The van der Waals surface area contributed by atoms with Gasteiger partial charge in [0, 0.05) is 29.8 Å². The molecule has 2 rings (SSSR count). The number of ether oxygens (including phenoxy) is 1. The second kappa shape index (κ2) is 6.19. The zero-order valence-corrected chi connectivity index (χ0v) is 12.3. The zero-order chi connectivity index (χ0) is 14.7. The molecule has 108 valence electrons. The first-order valence-corrected chi connectivity index (χ1v) is 7.28. The third-order valence-electron chi connectivity index (χ3n) is 3.14. The molecule has 2 aromatic heterocycles. The van der Waals surface area contributed by atoms with Gasteiger partial charge in [0.05, 0.1) is 5.39 Å². The third kappa shape index (κ3) is 2.76. The third-order valence-corrected chi connectivity index (χ3v) is 4.37. The van der Waals surface area contributed by atoms with Crippen LogP contribution in [0.15, 0.2) is 16.9 Å². The summed E-state index contributed by atoms with van der Waals surface area (Å²) in [7, 11) is 1.58. The van der Waals surface area contributed by atoms with Crippen molar-refractivity contribution in [3.63, 3.8) is 0 Å². The van der Waals surface area contributed by atoms with E-state index in [9.17, 15) is 14.7 Å².